The lowest BCUT2D eigenvalue weighted by atomic mass is 9.98. The Balaban J connectivity index is 2.40. The SMILES string of the molecule is C=CCN(c1ccc(OC)cc1)C(CC(=C)C)c1ccccc1. The molecule has 0 aliphatic carbocycles. The van der Waals surface area contributed by atoms with Gasteiger partial charge in [-0.1, -0.05) is 42.0 Å². The Bertz CT molecular complexity index is 631. The normalized spacial score (nSPS) is 11.6. The molecule has 0 saturated heterocycles. The molecule has 0 aliphatic heterocycles. The van der Waals surface area contributed by atoms with E-state index in [1.807, 2.05) is 24.3 Å². The van der Waals surface area contributed by atoms with Crippen molar-refractivity contribution in [3.63, 3.8) is 0 Å². The van der Waals surface area contributed by atoms with Gasteiger partial charge >= 0.3 is 0 Å². The van der Waals surface area contributed by atoms with Crippen molar-refractivity contribution in [3.05, 3.63) is 85.0 Å². The molecule has 1 atom stereocenters. The van der Waals surface area contributed by atoms with Gasteiger partial charge in [-0.3, -0.25) is 0 Å². The molecular weight excluding hydrogens is 282 g/mol. The van der Waals surface area contributed by atoms with E-state index in [-0.39, 0.29) is 6.04 Å². The molecule has 0 N–H and O–H groups in total. The topological polar surface area (TPSA) is 12.5 Å². The molecule has 120 valence electrons. The molecular formula is C21H25NO. The van der Waals surface area contributed by atoms with Gasteiger partial charge in [-0.2, -0.15) is 0 Å². The predicted octanol–water partition coefficient (Wildman–Crippen LogP) is 5.40. The third kappa shape index (κ3) is 4.49. The molecule has 0 fully saturated rings. The molecule has 0 saturated carbocycles. The van der Waals surface area contributed by atoms with E-state index in [0.29, 0.717) is 0 Å². The van der Waals surface area contributed by atoms with E-state index in [4.69, 9.17) is 4.74 Å². The summed E-state index contributed by atoms with van der Waals surface area (Å²) in [5, 5.41) is 0. The predicted molar refractivity (Wildman–Crippen MR) is 99.2 cm³/mol. The number of rotatable bonds is 8. The summed E-state index contributed by atoms with van der Waals surface area (Å²) in [5.41, 5.74) is 3.61. The Kier molecular flexibility index (Phi) is 6.04. The second kappa shape index (κ2) is 8.23. The highest BCUT2D eigenvalue weighted by atomic mass is 16.5. The van der Waals surface area contributed by atoms with Gasteiger partial charge in [-0.15, -0.1) is 13.2 Å². The first-order valence-corrected chi connectivity index (χ1v) is 7.86. The first-order valence-electron chi connectivity index (χ1n) is 7.86. The molecule has 2 rings (SSSR count). The highest BCUT2D eigenvalue weighted by molar-refractivity contribution is 5.52. The lowest BCUT2D eigenvalue weighted by Crippen LogP contribution is -2.29. The highest BCUT2D eigenvalue weighted by Crippen LogP contribution is 2.32. The summed E-state index contributed by atoms with van der Waals surface area (Å²) < 4.78 is 5.27. The number of hydrogen-bond acceptors (Lipinski definition) is 2. The van der Waals surface area contributed by atoms with Crippen molar-refractivity contribution < 1.29 is 4.74 Å². The van der Waals surface area contributed by atoms with Gasteiger partial charge in [0.05, 0.1) is 13.2 Å². The van der Waals surface area contributed by atoms with Crippen LogP contribution in [-0.4, -0.2) is 13.7 Å². The zero-order chi connectivity index (χ0) is 16.7. The van der Waals surface area contributed by atoms with Crippen molar-refractivity contribution in [2.75, 3.05) is 18.6 Å². The van der Waals surface area contributed by atoms with Crippen molar-refractivity contribution in [1.82, 2.24) is 0 Å². The Hall–Kier alpha value is -2.48. The van der Waals surface area contributed by atoms with Crippen molar-refractivity contribution in [1.29, 1.82) is 0 Å². The number of anilines is 1. The van der Waals surface area contributed by atoms with Crippen molar-refractivity contribution in [3.8, 4) is 5.75 Å². The lowest BCUT2D eigenvalue weighted by Gasteiger charge is -2.34. The van der Waals surface area contributed by atoms with Crippen molar-refractivity contribution in [2.24, 2.45) is 0 Å². The Morgan fingerprint density at radius 2 is 1.78 bits per heavy atom. The summed E-state index contributed by atoms with van der Waals surface area (Å²) in [4.78, 5) is 2.36. The quantitative estimate of drug-likeness (QED) is 0.606. The molecule has 0 aliphatic rings. The molecule has 0 aromatic heterocycles. The van der Waals surface area contributed by atoms with Gasteiger partial charge < -0.3 is 9.64 Å². The van der Waals surface area contributed by atoms with Gasteiger partial charge in [-0.05, 0) is 43.2 Å². The van der Waals surface area contributed by atoms with Crippen LogP contribution in [0, 0.1) is 0 Å². The van der Waals surface area contributed by atoms with E-state index < -0.39 is 0 Å². The van der Waals surface area contributed by atoms with Gasteiger partial charge in [0.15, 0.2) is 0 Å². The van der Waals surface area contributed by atoms with Gasteiger partial charge in [-0.25, -0.2) is 0 Å². The third-order valence-corrected chi connectivity index (χ3v) is 3.83. The van der Waals surface area contributed by atoms with E-state index in [1.54, 1.807) is 7.11 Å². The summed E-state index contributed by atoms with van der Waals surface area (Å²) >= 11 is 0. The number of nitrogens with zero attached hydrogens (tertiary/aromatic N) is 1. The number of benzene rings is 2. The van der Waals surface area contributed by atoms with Crippen LogP contribution in [0.25, 0.3) is 0 Å². The van der Waals surface area contributed by atoms with E-state index in [1.165, 1.54) is 11.1 Å². The Morgan fingerprint density at radius 3 is 2.30 bits per heavy atom. The molecule has 0 bridgehead atoms. The van der Waals surface area contributed by atoms with Crippen LogP contribution in [0.1, 0.15) is 24.9 Å². The van der Waals surface area contributed by atoms with Crippen molar-refractivity contribution >= 4 is 5.69 Å². The smallest absolute Gasteiger partial charge is 0.119 e. The second-order valence-electron chi connectivity index (χ2n) is 5.73. The van der Waals surface area contributed by atoms with Crippen LogP contribution in [0.15, 0.2) is 79.4 Å². The van der Waals surface area contributed by atoms with Gasteiger partial charge in [0, 0.05) is 12.2 Å². The first kappa shape index (κ1) is 16.9. The minimum absolute atomic E-state index is 0.236. The monoisotopic (exact) mass is 307 g/mol. The third-order valence-electron chi connectivity index (χ3n) is 3.83. The molecule has 0 amide bonds. The molecule has 23 heavy (non-hydrogen) atoms. The molecule has 0 radical (unpaired) electrons. The average molecular weight is 307 g/mol. The minimum Gasteiger partial charge on any atom is -0.497 e. The van der Waals surface area contributed by atoms with Crippen LogP contribution in [-0.2, 0) is 0 Å². The maximum Gasteiger partial charge on any atom is 0.119 e. The maximum absolute atomic E-state index is 5.27. The fraction of sp³-hybridized carbons (Fsp3) is 0.238. The lowest BCUT2D eigenvalue weighted by molar-refractivity contribution is 0.414. The Labute approximate surface area is 139 Å². The van der Waals surface area contributed by atoms with Crippen LogP contribution in [0.2, 0.25) is 0 Å². The molecule has 0 spiro atoms. The zero-order valence-corrected chi connectivity index (χ0v) is 14.0. The molecule has 1 unspecified atom stereocenters. The van der Waals surface area contributed by atoms with E-state index in [2.05, 4.69) is 61.4 Å². The van der Waals surface area contributed by atoms with Crippen LogP contribution in [0.4, 0.5) is 5.69 Å². The molecule has 2 nitrogen and oxygen atoms in total. The summed E-state index contributed by atoms with van der Waals surface area (Å²) in [6.07, 6.45) is 2.85. The van der Waals surface area contributed by atoms with Gasteiger partial charge in [0.1, 0.15) is 5.75 Å². The van der Waals surface area contributed by atoms with Gasteiger partial charge in [0.25, 0.3) is 0 Å². The van der Waals surface area contributed by atoms with Crippen LogP contribution >= 0.6 is 0 Å². The fourth-order valence-corrected chi connectivity index (χ4v) is 2.74. The van der Waals surface area contributed by atoms with Crippen LogP contribution < -0.4 is 9.64 Å². The maximum atomic E-state index is 5.27. The minimum atomic E-state index is 0.236. The van der Waals surface area contributed by atoms with E-state index in [9.17, 15) is 0 Å². The molecule has 2 heteroatoms. The molecule has 2 aromatic rings. The van der Waals surface area contributed by atoms with E-state index in [0.717, 1.165) is 24.4 Å². The largest absolute Gasteiger partial charge is 0.497 e. The second-order valence-corrected chi connectivity index (χ2v) is 5.73. The number of ether oxygens (including phenoxy) is 1. The van der Waals surface area contributed by atoms with Crippen LogP contribution in [0.3, 0.4) is 0 Å². The molecule has 0 heterocycles. The molecule has 2 aromatic carbocycles. The van der Waals surface area contributed by atoms with Gasteiger partial charge in [0.2, 0.25) is 0 Å². The first-order chi connectivity index (χ1) is 11.2. The highest BCUT2D eigenvalue weighted by Gasteiger charge is 2.20. The summed E-state index contributed by atoms with van der Waals surface area (Å²) in [5.74, 6) is 0.864. The average Bonchev–Trinajstić information content (AvgIpc) is 2.59. The summed E-state index contributed by atoms with van der Waals surface area (Å²) in [6.45, 7) is 10.9. The van der Waals surface area contributed by atoms with Crippen molar-refractivity contribution in [2.45, 2.75) is 19.4 Å². The van der Waals surface area contributed by atoms with E-state index >= 15 is 0 Å². The summed E-state index contributed by atoms with van der Waals surface area (Å²) in [7, 11) is 1.68. The van der Waals surface area contributed by atoms with Crippen LogP contribution in [0.5, 0.6) is 5.75 Å². The Morgan fingerprint density at radius 1 is 1.13 bits per heavy atom. The number of methoxy groups -OCH3 is 1. The number of hydrogen-bond donors (Lipinski definition) is 0. The zero-order valence-electron chi connectivity index (χ0n) is 14.0. The summed E-state index contributed by atoms with van der Waals surface area (Å²) in [6, 6.07) is 19.0. The standard InChI is InChI=1S/C21H25NO/c1-5-15-22(19-11-13-20(23-4)14-12-19)21(16-17(2)3)18-9-7-6-8-10-18/h5-14,21H,1-2,15-16H2,3-4H3. The fourth-order valence-electron chi connectivity index (χ4n) is 2.74.